The molecule has 0 spiro atoms. The molecule has 2 aromatic carbocycles. The molecule has 4 nitrogen and oxygen atoms in total. The Kier molecular flexibility index (Phi) is 5.91. The number of nitrogens with one attached hydrogen (secondary N) is 1. The minimum absolute atomic E-state index is 0.152. The van der Waals surface area contributed by atoms with Gasteiger partial charge in [-0.1, -0.05) is 65.3 Å². The Morgan fingerprint density at radius 3 is 2.48 bits per heavy atom. The topological polar surface area (TPSA) is 54.9 Å². The zero-order chi connectivity index (χ0) is 17.6. The van der Waals surface area contributed by atoms with Gasteiger partial charge in [-0.05, 0) is 29.8 Å². The van der Waals surface area contributed by atoms with Gasteiger partial charge in [0.25, 0.3) is 5.91 Å². The summed E-state index contributed by atoms with van der Waals surface area (Å²) < 4.78 is 0. The number of para-hydroxylation sites is 1. The predicted molar refractivity (Wildman–Crippen MR) is 102 cm³/mol. The predicted octanol–water partition coefficient (Wildman–Crippen LogP) is 5.33. The maximum atomic E-state index is 12.4. The molecule has 1 heterocycles. The van der Waals surface area contributed by atoms with E-state index in [1.165, 1.54) is 18.0 Å². The van der Waals surface area contributed by atoms with Crippen molar-refractivity contribution in [3.63, 3.8) is 0 Å². The Hall–Kier alpha value is -2.08. The van der Waals surface area contributed by atoms with E-state index in [9.17, 15) is 4.79 Å². The van der Waals surface area contributed by atoms with E-state index in [1.54, 1.807) is 12.1 Å². The first-order valence-corrected chi connectivity index (χ1v) is 9.12. The SMILES string of the molecule is O=C(Nc1ccccc1)c1nc(SCc2ccc(Cl)cc2)ncc1Cl. The second-order valence-electron chi connectivity index (χ2n) is 5.08. The van der Waals surface area contributed by atoms with E-state index in [0.29, 0.717) is 21.6 Å². The standard InChI is InChI=1S/C18H13Cl2N3OS/c19-13-8-6-12(7-9-13)11-25-18-21-10-15(20)16(23-18)17(24)22-14-4-2-1-3-5-14/h1-10H,11H2,(H,22,24). The molecule has 1 amide bonds. The molecular formula is C18H13Cl2N3OS. The number of carbonyl (C=O) groups is 1. The van der Waals surface area contributed by atoms with Crippen LogP contribution < -0.4 is 5.32 Å². The number of rotatable bonds is 5. The van der Waals surface area contributed by atoms with Gasteiger partial charge in [-0.15, -0.1) is 0 Å². The number of thioether (sulfide) groups is 1. The molecule has 0 aliphatic heterocycles. The van der Waals surface area contributed by atoms with E-state index in [0.717, 1.165) is 5.56 Å². The molecule has 3 aromatic rings. The first kappa shape index (κ1) is 17.7. The summed E-state index contributed by atoms with van der Waals surface area (Å²) in [5.74, 6) is 0.297. The van der Waals surface area contributed by atoms with Crippen molar-refractivity contribution in [1.29, 1.82) is 0 Å². The smallest absolute Gasteiger partial charge is 0.275 e. The Balaban J connectivity index is 1.71. The molecule has 0 atom stereocenters. The van der Waals surface area contributed by atoms with Crippen LogP contribution in [0.1, 0.15) is 16.1 Å². The second kappa shape index (κ2) is 8.34. The number of anilines is 1. The third kappa shape index (κ3) is 4.95. The molecule has 0 aliphatic rings. The van der Waals surface area contributed by atoms with Gasteiger partial charge in [-0.3, -0.25) is 4.79 Å². The van der Waals surface area contributed by atoms with E-state index in [4.69, 9.17) is 23.2 Å². The number of aromatic nitrogens is 2. The molecule has 0 radical (unpaired) electrons. The van der Waals surface area contributed by atoms with Gasteiger partial charge in [0.15, 0.2) is 10.9 Å². The van der Waals surface area contributed by atoms with Crippen LogP contribution in [0.25, 0.3) is 0 Å². The number of benzene rings is 2. The van der Waals surface area contributed by atoms with Gasteiger partial charge in [0, 0.05) is 16.5 Å². The summed E-state index contributed by atoms with van der Waals surface area (Å²) in [6.45, 7) is 0. The zero-order valence-electron chi connectivity index (χ0n) is 12.9. The van der Waals surface area contributed by atoms with Crippen molar-refractivity contribution >= 4 is 46.6 Å². The lowest BCUT2D eigenvalue weighted by Crippen LogP contribution is -2.15. The summed E-state index contributed by atoms with van der Waals surface area (Å²) in [7, 11) is 0. The summed E-state index contributed by atoms with van der Waals surface area (Å²) in [5.41, 5.74) is 1.92. The Morgan fingerprint density at radius 1 is 1.04 bits per heavy atom. The number of carbonyl (C=O) groups excluding carboxylic acids is 1. The van der Waals surface area contributed by atoms with Gasteiger partial charge < -0.3 is 5.32 Å². The second-order valence-corrected chi connectivity index (χ2v) is 6.87. The highest BCUT2D eigenvalue weighted by Crippen LogP contribution is 2.23. The lowest BCUT2D eigenvalue weighted by Gasteiger charge is -2.07. The molecule has 0 saturated carbocycles. The van der Waals surface area contributed by atoms with Gasteiger partial charge in [0.05, 0.1) is 11.2 Å². The van der Waals surface area contributed by atoms with Gasteiger partial charge >= 0.3 is 0 Å². The molecule has 1 aromatic heterocycles. The van der Waals surface area contributed by atoms with Crippen LogP contribution in [0.4, 0.5) is 5.69 Å². The molecular weight excluding hydrogens is 377 g/mol. The summed E-state index contributed by atoms with van der Waals surface area (Å²) >= 11 is 13.4. The Labute approximate surface area is 159 Å². The monoisotopic (exact) mass is 389 g/mol. The van der Waals surface area contributed by atoms with E-state index < -0.39 is 0 Å². The average Bonchev–Trinajstić information content (AvgIpc) is 2.63. The number of amides is 1. The van der Waals surface area contributed by atoms with Crippen molar-refractivity contribution < 1.29 is 4.79 Å². The summed E-state index contributed by atoms with van der Waals surface area (Å²) in [5, 5.41) is 4.16. The van der Waals surface area contributed by atoms with Crippen molar-refractivity contribution in [3.8, 4) is 0 Å². The minimum Gasteiger partial charge on any atom is -0.321 e. The van der Waals surface area contributed by atoms with Gasteiger partial charge in [0.2, 0.25) is 0 Å². The lowest BCUT2D eigenvalue weighted by molar-refractivity contribution is 0.102. The van der Waals surface area contributed by atoms with Crippen molar-refractivity contribution in [2.75, 3.05) is 5.32 Å². The molecule has 3 rings (SSSR count). The molecule has 0 aliphatic carbocycles. The van der Waals surface area contributed by atoms with Crippen molar-refractivity contribution in [1.82, 2.24) is 9.97 Å². The average molecular weight is 390 g/mol. The molecule has 0 fully saturated rings. The van der Waals surface area contributed by atoms with Crippen LogP contribution in [0, 0.1) is 0 Å². The molecule has 0 unspecified atom stereocenters. The van der Waals surface area contributed by atoms with Crippen LogP contribution in [-0.2, 0) is 5.75 Å². The van der Waals surface area contributed by atoms with Crippen LogP contribution >= 0.6 is 35.0 Å². The number of hydrogen-bond donors (Lipinski definition) is 1. The molecule has 0 saturated heterocycles. The third-order valence-corrected chi connectivity index (χ3v) is 4.71. The molecule has 25 heavy (non-hydrogen) atoms. The summed E-state index contributed by atoms with van der Waals surface area (Å²) in [4.78, 5) is 20.8. The van der Waals surface area contributed by atoms with Gasteiger partial charge in [-0.25, -0.2) is 9.97 Å². The van der Waals surface area contributed by atoms with Crippen LogP contribution in [0.15, 0.2) is 66.0 Å². The van der Waals surface area contributed by atoms with E-state index >= 15 is 0 Å². The highest BCUT2D eigenvalue weighted by atomic mass is 35.5. The molecule has 0 bridgehead atoms. The van der Waals surface area contributed by atoms with Crippen LogP contribution in [0.3, 0.4) is 0 Å². The summed E-state index contributed by atoms with van der Waals surface area (Å²) in [6, 6.07) is 16.7. The molecule has 1 N–H and O–H groups in total. The van der Waals surface area contributed by atoms with Crippen molar-refractivity contribution in [2.45, 2.75) is 10.9 Å². The number of halogens is 2. The van der Waals surface area contributed by atoms with E-state index in [-0.39, 0.29) is 16.6 Å². The number of hydrogen-bond acceptors (Lipinski definition) is 4. The highest BCUT2D eigenvalue weighted by molar-refractivity contribution is 7.98. The van der Waals surface area contributed by atoms with Gasteiger partial charge in [0.1, 0.15) is 0 Å². The number of nitrogens with zero attached hydrogens (tertiary/aromatic N) is 2. The first-order chi connectivity index (χ1) is 12.1. The fourth-order valence-corrected chi connectivity index (χ4v) is 3.09. The van der Waals surface area contributed by atoms with Crippen LogP contribution in [0.5, 0.6) is 0 Å². The molecule has 126 valence electrons. The highest BCUT2D eigenvalue weighted by Gasteiger charge is 2.14. The van der Waals surface area contributed by atoms with Crippen molar-refractivity contribution in [2.24, 2.45) is 0 Å². The lowest BCUT2D eigenvalue weighted by atomic mass is 10.2. The summed E-state index contributed by atoms with van der Waals surface area (Å²) in [6.07, 6.45) is 1.44. The first-order valence-electron chi connectivity index (χ1n) is 7.38. The maximum Gasteiger partial charge on any atom is 0.275 e. The third-order valence-electron chi connectivity index (χ3n) is 3.25. The zero-order valence-corrected chi connectivity index (χ0v) is 15.3. The Morgan fingerprint density at radius 2 is 1.76 bits per heavy atom. The molecule has 7 heteroatoms. The quantitative estimate of drug-likeness (QED) is 0.473. The normalized spacial score (nSPS) is 10.5. The fourth-order valence-electron chi connectivity index (χ4n) is 2.02. The van der Waals surface area contributed by atoms with Crippen LogP contribution in [-0.4, -0.2) is 15.9 Å². The van der Waals surface area contributed by atoms with Gasteiger partial charge in [-0.2, -0.15) is 0 Å². The fraction of sp³-hybridized carbons (Fsp3) is 0.0556. The van der Waals surface area contributed by atoms with Crippen molar-refractivity contribution in [3.05, 3.63) is 82.1 Å². The van der Waals surface area contributed by atoms with E-state index in [1.807, 2.05) is 42.5 Å². The van der Waals surface area contributed by atoms with Crippen LogP contribution in [0.2, 0.25) is 10.0 Å². The van der Waals surface area contributed by atoms with E-state index in [2.05, 4.69) is 15.3 Å². The Bertz CT molecular complexity index is 873. The minimum atomic E-state index is -0.369. The largest absolute Gasteiger partial charge is 0.321 e. The maximum absolute atomic E-state index is 12.4.